The Balaban J connectivity index is 1.38. The molecule has 168 valence electrons. The van der Waals surface area contributed by atoms with Crippen LogP contribution in [0.3, 0.4) is 0 Å². The number of carbonyl (C=O) groups is 2. The smallest absolute Gasteiger partial charge is 0.246 e. The summed E-state index contributed by atoms with van der Waals surface area (Å²) in [7, 11) is 0. The highest BCUT2D eigenvalue weighted by Gasteiger charge is 2.31. The van der Waals surface area contributed by atoms with Crippen LogP contribution >= 0.6 is 11.3 Å². The third-order valence-electron chi connectivity index (χ3n) is 5.74. The van der Waals surface area contributed by atoms with Gasteiger partial charge in [-0.2, -0.15) is 0 Å². The number of carbonyl (C=O) groups excluding carboxylic acids is 2. The lowest BCUT2D eigenvalue weighted by molar-refractivity contribution is -0.130. The maximum Gasteiger partial charge on any atom is 0.246 e. The number of likely N-dealkylation sites (tertiary alicyclic amines) is 1. The van der Waals surface area contributed by atoms with E-state index in [-0.39, 0.29) is 17.7 Å². The Morgan fingerprint density at radius 1 is 1.06 bits per heavy atom. The van der Waals surface area contributed by atoms with E-state index >= 15 is 0 Å². The average molecular weight is 458 g/mol. The highest BCUT2D eigenvalue weighted by molar-refractivity contribution is 7.14. The van der Waals surface area contributed by atoms with E-state index in [1.165, 1.54) is 11.3 Å². The molecule has 2 amide bonds. The lowest BCUT2D eigenvalue weighted by atomic mass is 9.95. The summed E-state index contributed by atoms with van der Waals surface area (Å²) in [5.74, 6) is -0.0907. The standard InChI is InChI=1S/C27H27N3O2S/c1-2-17-30(27-28-24(20-33-27)22-11-7-4-8-12-22)26(32)23-15-18-29(19-16-23)25(31)14-13-21-9-5-3-6-10-21/h2-14,20,23H,1,15-19H2/b14-13+. The zero-order chi connectivity index (χ0) is 23.0. The lowest BCUT2D eigenvalue weighted by Gasteiger charge is -2.33. The quantitative estimate of drug-likeness (QED) is 0.358. The molecule has 3 aromatic rings. The summed E-state index contributed by atoms with van der Waals surface area (Å²) in [6.45, 7) is 5.38. The van der Waals surface area contributed by atoms with Crippen LogP contribution in [-0.4, -0.2) is 41.3 Å². The Morgan fingerprint density at radius 2 is 1.73 bits per heavy atom. The largest absolute Gasteiger partial charge is 0.339 e. The second-order valence-electron chi connectivity index (χ2n) is 7.96. The van der Waals surface area contributed by atoms with Crippen molar-refractivity contribution in [3.05, 3.63) is 90.3 Å². The molecule has 0 spiro atoms. The predicted molar refractivity (Wildman–Crippen MR) is 135 cm³/mol. The number of thiazole rings is 1. The molecule has 0 saturated carbocycles. The van der Waals surface area contributed by atoms with Gasteiger partial charge in [0.25, 0.3) is 0 Å². The molecular formula is C27H27N3O2S. The first-order chi connectivity index (χ1) is 16.2. The SMILES string of the molecule is C=CCN(C(=O)C1CCN(C(=O)/C=C/c2ccccc2)CC1)c1nc(-c2ccccc2)cs1. The number of hydrogen-bond acceptors (Lipinski definition) is 4. The minimum Gasteiger partial charge on any atom is -0.339 e. The fraction of sp³-hybridized carbons (Fsp3) is 0.222. The topological polar surface area (TPSA) is 53.5 Å². The lowest BCUT2D eigenvalue weighted by Crippen LogP contribution is -2.44. The van der Waals surface area contributed by atoms with Crippen molar-refractivity contribution in [1.82, 2.24) is 9.88 Å². The van der Waals surface area contributed by atoms with Crippen molar-refractivity contribution in [2.45, 2.75) is 12.8 Å². The second kappa shape index (κ2) is 10.9. The molecule has 0 aliphatic carbocycles. The summed E-state index contributed by atoms with van der Waals surface area (Å²) >= 11 is 1.47. The molecule has 0 N–H and O–H groups in total. The molecule has 0 bridgehead atoms. The Kier molecular flexibility index (Phi) is 7.47. The summed E-state index contributed by atoms with van der Waals surface area (Å²) < 4.78 is 0. The van der Waals surface area contributed by atoms with Crippen molar-refractivity contribution in [3.63, 3.8) is 0 Å². The average Bonchev–Trinajstić information content (AvgIpc) is 3.37. The molecule has 1 aliphatic heterocycles. The Labute approximate surface area is 198 Å². The Bertz CT molecular complexity index is 1120. The third-order valence-corrected chi connectivity index (χ3v) is 6.61. The number of piperidine rings is 1. The van der Waals surface area contributed by atoms with Gasteiger partial charge in [-0.1, -0.05) is 66.7 Å². The molecule has 6 heteroatoms. The van der Waals surface area contributed by atoms with Gasteiger partial charge in [0.15, 0.2) is 5.13 Å². The first kappa shape index (κ1) is 22.7. The second-order valence-corrected chi connectivity index (χ2v) is 8.80. The van der Waals surface area contributed by atoms with Gasteiger partial charge in [-0.05, 0) is 24.5 Å². The first-order valence-corrected chi connectivity index (χ1v) is 12.0. The van der Waals surface area contributed by atoms with Crippen molar-refractivity contribution < 1.29 is 9.59 Å². The molecule has 1 fully saturated rings. The van der Waals surface area contributed by atoms with E-state index in [1.807, 2.05) is 77.0 Å². The van der Waals surface area contributed by atoms with Gasteiger partial charge >= 0.3 is 0 Å². The van der Waals surface area contributed by atoms with Crippen LogP contribution in [-0.2, 0) is 9.59 Å². The predicted octanol–water partition coefficient (Wildman–Crippen LogP) is 5.28. The molecule has 2 heterocycles. The monoisotopic (exact) mass is 457 g/mol. The number of amides is 2. The van der Waals surface area contributed by atoms with Gasteiger partial charge in [0.1, 0.15) is 0 Å². The van der Waals surface area contributed by atoms with E-state index in [1.54, 1.807) is 17.1 Å². The number of anilines is 1. The van der Waals surface area contributed by atoms with Crippen molar-refractivity contribution in [3.8, 4) is 11.3 Å². The molecule has 1 aromatic heterocycles. The van der Waals surface area contributed by atoms with Crippen LogP contribution in [0, 0.1) is 5.92 Å². The van der Waals surface area contributed by atoms with Crippen LogP contribution in [0.5, 0.6) is 0 Å². The molecule has 5 nitrogen and oxygen atoms in total. The summed E-state index contributed by atoms with van der Waals surface area (Å²) in [5.41, 5.74) is 2.89. The number of aromatic nitrogens is 1. The van der Waals surface area contributed by atoms with E-state index < -0.39 is 0 Å². The highest BCUT2D eigenvalue weighted by atomic mass is 32.1. The molecule has 1 aliphatic rings. The van der Waals surface area contributed by atoms with Gasteiger partial charge in [-0.3, -0.25) is 14.5 Å². The summed E-state index contributed by atoms with van der Waals surface area (Å²) in [4.78, 5) is 34.2. The summed E-state index contributed by atoms with van der Waals surface area (Å²) in [6.07, 6.45) is 6.47. The highest BCUT2D eigenvalue weighted by Crippen LogP contribution is 2.30. The van der Waals surface area contributed by atoms with E-state index in [2.05, 4.69) is 6.58 Å². The number of hydrogen-bond donors (Lipinski definition) is 0. The van der Waals surface area contributed by atoms with Crippen LogP contribution in [0.4, 0.5) is 5.13 Å². The van der Waals surface area contributed by atoms with Crippen LogP contribution < -0.4 is 4.90 Å². The van der Waals surface area contributed by atoms with Crippen LogP contribution in [0.25, 0.3) is 17.3 Å². The maximum atomic E-state index is 13.3. The third kappa shape index (κ3) is 5.65. The number of nitrogens with zero attached hydrogens (tertiary/aromatic N) is 3. The molecule has 4 rings (SSSR count). The van der Waals surface area contributed by atoms with Crippen LogP contribution in [0.1, 0.15) is 18.4 Å². The molecule has 1 saturated heterocycles. The van der Waals surface area contributed by atoms with Gasteiger partial charge in [-0.25, -0.2) is 4.98 Å². The van der Waals surface area contributed by atoms with Crippen LogP contribution in [0.2, 0.25) is 0 Å². The van der Waals surface area contributed by atoms with E-state index in [9.17, 15) is 9.59 Å². The summed E-state index contributed by atoms with van der Waals surface area (Å²) in [6, 6.07) is 19.7. The van der Waals surface area contributed by atoms with Gasteiger partial charge in [0, 0.05) is 42.6 Å². The van der Waals surface area contributed by atoms with E-state index in [0.29, 0.717) is 37.6 Å². The first-order valence-electron chi connectivity index (χ1n) is 11.1. The molecular weight excluding hydrogens is 430 g/mol. The van der Waals surface area contributed by atoms with Gasteiger partial charge in [0.2, 0.25) is 11.8 Å². The van der Waals surface area contributed by atoms with Crippen molar-refractivity contribution in [2.75, 3.05) is 24.5 Å². The van der Waals surface area contributed by atoms with Crippen molar-refractivity contribution in [2.24, 2.45) is 5.92 Å². The molecule has 0 unspecified atom stereocenters. The molecule has 0 radical (unpaired) electrons. The molecule has 33 heavy (non-hydrogen) atoms. The van der Waals surface area contributed by atoms with Crippen LogP contribution in [0.15, 0.2) is 84.8 Å². The van der Waals surface area contributed by atoms with Gasteiger partial charge in [0.05, 0.1) is 5.69 Å². The molecule has 0 atom stereocenters. The fourth-order valence-corrected chi connectivity index (χ4v) is 4.77. The summed E-state index contributed by atoms with van der Waals surface area (Å²) in [5, 5.41) is 2.66. The fourth-order valence-electron chi connectivity index (χ4n) is 3.93. The zero-order valence-corrected chi connectivity index (χ0v) is 19.3. The van der Waals surface area contributed by atoms with E-state index in [4.69, 9.17) is 4.98 Å². The Morgan fingerprint density at radius 3 is 2.39 bits per heavy atom. The number of rotatable bonds is 7. The van der Waals surface area contributed by atoms with E-state index in [0.717, 1.165) is 16.8 Å². The Hall–Kier alpha value is -3.51. The van der Waals surface area contributed by atoms with Crippen molar-refractivity contribution in [1.29, 1.82) is 0 Å². The maximum absolute atomic E-state index is 13.3. The number of benzene rings is 2. The van der Waals surface area contributed by atoms with Gasteiger partial charge < -0.3 is 4.90 Å². The minimum absolute atomic E-state index is 0.0138. The minimum atomic E-state index is -0.129. The normalized spacial score (nSPS) is 14.4. The van der Waals surface area contributed by atoms with Crippen molar-refractivity contribution >= 4 is 34.4 Å². The van der Waals surface area contributed by atoms with Gasteiger partial charge in [-0.15, -0.1) is 17.9 Å². The molecule has 2 aromatic carbocycles. The zero-order valence-electron chi connectivity index (χ0n) is 18.5.